The zero-order valence-electron chi connectivity index (χ0n) is 15.1. The molecule has 3 aromatic rings. The van der Waals surface area contributed by atoms with Crippen LogP contribution >= 0.6 is 0 Å². The molecule has 1 amide bonds. The lowest BCUT2D eigenvalue weighted by Gasteiger charge is -2.16. The first-order valence-corrected chi connectivity index (χ1v) is 8.88. The van der Waals surface area contributed by atoms with Gasteiger partial charge in [0.05, 0.1) is 0 Å². The fourth-order valence-corrected chi connectivity index (χ4v) is 2.76. The summed E-state index contributed by atoms with van der Waals surface area (Å²) in [5.41, 5.74) is 3.15. The zero-order chi connectivity index (χ0) is 18.4. The number of amides is 1. The van der Waals surface area contributed by atoms with Gasteiger partial charge in [0, 0.05) is 24.5 Å². The number of benzene rings is 2. The smallest absolute Gasteiger partial charge is 0.246 e. The van der Waals surface area contributed by atoms with Crippen molar-refractivity contribution in [1.82, 2.24) is 9.78 Å². The highest BCUT2D eigenvalue weighted by atomic mass is 16.2. The summed E-state index contributed by atoms with van der Waals surface area (Å²) in [6.45, 7) is 4.66. The van der Waals surface area contributed by atoms with Crippen molar-refractivity contribution in [2.24, 2.45) is 0 Å². The molecule has 3 rings (SSSR count). The summed E-state index contributed by atoms with van der Waals surface area (Å²) in [5.74, 6) is 0.614. The third-order valence-corrected chi connectivity index (χ3v) is 4.23. The largest absolute Gasteiger partial charge is 0.357 e. The van der Waals surface area contributed by atoms with Gasteiger partial charge in [0.1, 0.15) is 11.9 Å². The predicted molar refractivity (Wildman–Crippen MR) is 105 cm³/mol. The summed E-state index contributed by atoms with van der Waals surface area (Å²) in [5, 5.41) is 10.5. The molecule has 1 aromatic heterocycles. The molecule has 0 aliphatic rings. The summed E-state index contributed by atoms with van der Waals surface area (Å²) < 4.78 is 1.82. The van der Waals surface area contributed by atoms with E-state index < -0.39 is 0 Å². The second-order valence-electron chi connectivity index (χ2n) is 6.23. The molecule has 0 saturated carbocycles. The van der Waals surface area contributed by atoms with Gasteiger partial charge in [-0.25, -0.2) is 0 Å². The van der Waals surface area contributed by atoms with E-state index in [9.17, 15) is 4.79 Å². The normalized spacial score (nSPS) is 11.8. The van der Waals surface area contributed by atoms with Gasteiger partial charge in [0.15, 0.2) is 0 Å². The molecule has 0 aliphatic carbocycles. The first kappa shape index (κ1) is 17.7. The van der Waals surface area contributed by atoms with Crippen LogP contribution in [0.4, 0.5) is 11.5 Å². The van der Waals surface area contributed by atoms with Gasteiger partial charge >= 0.3 is 0 Å². The molecule has 0 fully saturated rings. The lowest BCUT2D eigenvalue weighted by atomic mass is 10.0. The number of aromatic nitrogens is 2. The Bertz CT molecular complexity index is 857. The number of carbonyl (C=O) groups excluding carboxylic acids is 1. The fourth-order valence-electron chi connectivity index (χ4n) is 2.76. The minimum Gasteiger partial charge on any atom is -0.357 e. The maximum atomic E-state index is 12.6. The van der Waals surface area contributed by atoms with Gasteiger partial charge < -0.3 is 10.6 Å². The molecular formula is C21H24N4O. The number of nitrogens with one attached hydrogen (secondary N) is 2. The molecule has 1 heterocycles. The summed E-state index contributed by atoms with van der Waals surface area (Å²) in [6, 6.07) is 19.6. The van der Waals surface area contributed by atoms with E-state index in [1.165, 1.54) is 5.56 Å². The first-order chi connectivity index (χ1) is 12.7. The van der Waals surface area contributed by atoms with Gasteiger partial charge in [-0.3, -0.25) is 9.48 Å². The molecule has 1 atom stereocenters. The number of anilines is 2. The maximum absolute atomic E-state index is 12.6. The van der Waals surface area contributed by atoms with Crippen LogP contribution < -0.4 is 10.6 Å². The van der Waals surface area contributed by atoms with E-state index in [2.05, 4.69) is 27.9 Å². The lowest BCUT2D eigenvalue weighted by Crippen LogP contribution is -2.32. The average molecular weight is 348 g/mol. The highest BCUT2D eigenvalue weighted by molar-refractivity contribution is 5.96. The van der Waals surface area contributed by atoms with Crippen molar-refractivity contribution in [3.63, 3.8) is 0 Å². The Labute approximate surface area is 154 Å². The van der Waals surface area contributed by atoms with E-state index in [0.29, 0.717) is 5.82 Å². The van der Waals surface area contributed by atoms with Crippen molar-refractivity contribution in [3.8, 4) is 0 Å². The van der Waals surface area contributed by atoms with Crippen molar-refractivity contribution < 1.29 is 4.79 Å². The highest BCUT2D eigenvalue weighted by Crippen LogP contribution is 2.19. The van der Waals surface area contributed by atoms with Crippen molar-refractivity contribution in [3.05, 3.63) is 78.0 Å². The van der Waals surface area contributed by atoms with Gasteiger partial charge in [0.2, 0.25) is 5.91 Å². The third-order valence-electron chi connectivity index (χ3n) is 4.23. The van der Waals surface area contributed by atoms with E-state index in [1.807, 2.05) is 73.3 Å². The van der Waals surface area contributed by atoms with E-state index >= 15 is 0 Å². The highest BCUT2D eigenvalue weighted by Gasteiger charge is 2.15. The summed E-state index contributed by atoms with van der Waals surface area (Å²) in [6.07, 6.45) is 2.67. The van der Waals surface area contributed by atoms with Crippen molar-refractivity contribution in [2.75, 3.05) is 10.6 Å². The lowest BCUT2D eigenvalue weighted by molar-refractivity contribution is -0.116. The molecule has 2 aromatic carbocycles. The number of carbonyl (C=O) groups is 1. The van der Waals surface area contributed by atoms with Crippen molar-refractivity contribution in [2.45, 2.75) is 32.9 Å². The molecule has 0 radical (unpaired) electrons. The van der Waals surface area contributed by atoms with Crippen LogP contribution in [0.25, 0.3) is 0 Å². The molecular weight excluding hydrogens is 324 g/mol. The van der Waals surface area contributed by atoms with Crippen LogP contribution in [-0.2, 0) is 17.8 Å². The van der Waals surface area contributed by atoms with Crippen LogP contribution in [0.1, 0.15) is 25.0 Å². The average Bonchev–Trinajstić information content (AvgIpc) is 3.11. The molecule has 5 nitrogen and oxygen atoms in total. The molecule has 1 unspecified atom stereocenters. The molecule has 26 heavy (non-hydrogen) atoms. The number of hydrogen-bond acceptors (Lipinski definition) is 3. The summed E-state index contributed by atoms with van der Waals surface area (Å²) >= 11 is 0. The minimum atomic E-state index is -0.389. The van der Waals surface area contributed by atoms with E-state index in [1.54, 1.807) is 0 Å². The van der Waals surface area contributed by atoms with Gasteiger partial charge in [-0.2, -0.15) is 5.10 Å². The predicted octanol–water partition coefficient (Wildman–Crippen LogP) is 3.93. The summed E-state index contributed by atoms with van der Waals surface area (Å²) in [4.78, 5) is 12.6. The molecule has 0 bridgehead atoms. The number of rotatable bonds is 7. The Kier molecular flexibility index (Phi) is 5.69. The molecule has 0 saturated heterocycles. The Balaban J connectivity index is 1.67. The van der Waals surface area contributed by atoms with E-state index in [4.69, 9.17) is 0 Å². The Morgan fingerprint density at radius 3 is 2.54 bits per heavy atom. The van der Waals surface area contributed by atoms with Crippen LogP contribution in [-0.4, -0.2) is 21.7 Å². The van der Waals surface area contributed by atoms with Crippen molar-refractivity contribution in [1.29, 1.82) is 0 Å². The number of hydrogen-bond donors (Lipinski definition) is 2. The Morgan fingerprint density at radius 1 is 1.08 bits per heavy atom. The standard InChI is InChI=1S/C21H24N4O/c1-3-25-14-13-20(24-25)22-16(2)21(26)23-19-12-8-7-11-18(19)15-17-9-5-4-6-10-17/h4-14,16H,3,15H2,1-2H3,(H,22,24)(H,23,26). The molecule has 5 heteroatoms. The minimum absolute atomic E-state index is 0.0865. The van der Waals surface area contributed by atoms with Gasteiger partial charge in [-0.05, 0) is 37.5 Å². The van der Waals surface area contributed by atoms with Crippen LogP contribution in [0.15, 0.2) is 66.9 Å². The quantitative estimate of drug-likeness (QED) is 0.680. The Hall–Kier alpha value is -3.08. The van der Waals surface area contributed by atoms with Crippen molar-refractivity contribution >= 4 is 17.4 Å². The molecule has 0 aliphatic heterocycles. The first-order valence-electron chi connectivity index (χ1n) is 8.88. The van der Waals surface area contributed by atoms with Crippen LogP contribution in [0.5, 0.6) is 0 Å². The fraction of sp³-hybridized carbons (Fsp3) is 0.238. The molecule has 134 valence electrons. The van der Waals surface area contributed by atoms with Gasteiger partial charge in [-0.15, -0.1) is 0 Å². The number of aryl methyl sites for hydroxylation is 1. The second kappa shape index (κ2) is 8.34. The second-order valence-corrected chi connectivity index (χ2v) is 6.23. The topological polar surface area (TPSA) is 59.0 Å². The maximum Gasteiger partial charge on any atom is 0.246 e. The zero-order valence-corrected chi connectivity index (χ0v) is 15.1. The van der Waals surface area contributed by atoms with Crippen LogP contribution in [0, 0.1) is 0 Å². The number of nitrogens with zero attached hydrogens (tertiary/aromatic N) is 2. The van der Waals surface area contributed by atoms with E-state index in [-0.39, 0.29) is 11.9 Å². The van der Waals surface area contributed by atoms with Crippen LogP contribution in [0.2, 0.25) is 0 Å². The molecule has 2 N–H and O–H groups in total. The molecule has 0 spiro atoms. The van der Waals surface area contributed by atoms with E-state index in [0.717, 1.165) is 24.2 Å². The Morgan fingerprint density at radius 2 is 1.81 bits per heavy atom. The van der Waals surface area contributed by atoms with Crippen LogP contribution in [0.3, 0.4) is 0 Å². The van der Waals surface area contributed by atoms with Gasteiger partial charge in [-0.1, -0.05) is 48.5 Å². The number of para-hydroxylation sites is 1. The van der Waals surface area contributed by atoms with Gasteiger partial charge in [0.25, 0.3) is 0 Å². The summed E-state index contributed by atoms with van der Waals surface area (Å²) in [7, 11) is 0. The monoisotopic (exact) mass is 348 g/mol. The SMILES string of the molecule is CCn1ccc(NC(C)C(=O)Nc2ccccc2Cc2ccccc2)n1. The third kappa shape index (κ3) is 4.51.